The molecular weight excluding hydrogens is 544 g/mol. The highest BCUT2D eigenvalue weighted by Gasteiger charge is 2.53. The van der Waals surface area contributed by atoms with Gasteiger partial charge in [0, 0.05) is 43.9 Å². The summed E-state index contributed by atoms with van der Waals surface area (Å²) in [7, 11) is -2.41. The van der Waals surface area contributed by atoms with Crippen LogP contribution in [0.25, 0.3) is 0 Å². The molecule has 0 radical (unpaired) electrons. The molecule has 5 rings (SSSR count). The quantitative estimate of drug-likeness (QED) is 0.276. The summed E-state index contributed by atoms with van der Waals surface area (Å²) in [4.78, 5) is 15.0. The molecule has 0 bridgehead atoms. The number of phenols is 2. The Morgan fingerprint density at radius 3 is 2.45 bits per heavy atom. The third-order valence-corrected chi connectivity index (χ3v) is 10.4. The van der Waals surface area contributed by atoms with Gasteiger partial charge in [-0.1, -0.05) is 6.07 Å². The Bertz CT molecular complexity index is 1310. The predicted octanol–water partition coefficient (Wildman–Crippen LogP) is -0.633. The SMILES string of the molecule is COc1c(O)c(CN2CCN(S(=O)(=O)c3cccs3)CC2)c2c(c1O)C1O[C@H](CO)[C@@H](O)[C@H](O)C1OC2=O. The minimum atomic E-state index is -3.63. The summed E-state index contributed by atoms with van der Waals surface area (Å²) in [5, 5.41) is 54.0. The number of aliphatic hydroxyl groups excluding tert-OH is 3. The zero-order chi connectivity index (χ0) is 27.4. The highest BCUT2D eigenvalue weighted by atomic mass is 32.2. The number of hydrogen-bond donors (Lipinski definition) is 5. The van der Waals surface area contributed by atoms with E-state index in [1.54, 1.807) is 17.5 Å². The van der Waals surface area contributed by atoms with Crippen LogP contribution in [0, 0.1) is 0 Å². The third kappa shape index (κ3) is 4.32. The normalized spacial score (nSPS) is 28.4. The smallest absolute Gasteiger partial charge is 0.339 e. The number of benzene rings is 1. The second-order valence-corrected chi connectivity index (χ2v) is 12.4. The maximum Gasteiger partial charge on any atom is 0.339 e. The number of carbonyl (C=O) groups excluding carboxylic acids is 1. The number of nitrogens with zero attached hydrogens (tertiary/aromatic N) is 2. The van der Waals surface area contributed by atoms with Crippen LogP contribution in [0.2, 0.25) is 0 Å². The van der Waals surface area contributed by atoms with Crippen molar-refractivity contribution >= 4 is 27.3 Å². The fourth-order valence-corrected chi connectivity index (χ4v) is 7.72. The molecule has 2 unspecified atom stereocenters. The number of aliphatic hydroxyl groups is 3. The molecular formula is C23H28N2O11S2. The molecule has 0 spiro atoms. The minimum absolute atomic E-state index is 0.0151. The largest absolute Gasteiger partial charge is 0.504 e. The van der Waals surface area contributed by atoms with Crippen LogP contribution in [0.15, 0.2) is 21.7 Å². The van der Waals surface area contributed by atoms with Crippen LogP contribution in [-0.2, 0) is 26.0 Å². The number of ether oxygens (including phenoxy) is 3. The summed E-state index contributed by atoms with van der Waals surface area (Å²) in [5.74, 6) is -2.37. The highest BCUT2D eigenvalue weighted by molar-refractivity contribution is 7.91. The first-order valence-electron chi connectivity index (χ1n) is 11.8. The molecule has 4 heterocycles. The maximum atomic E-state index is 13.1. The summed E-state index contributed by atoms with van der Waals surface area (Å²) >= 11 is 1.13. The van der Waals surface area contributed by atoms with Gasteiger partial charge in [0.2, 0.25) is 5.75 Å². The molecule has 13 nitrogen and oxygen atoms in total. The lowest BCUT2D eigenvalue weighted by molar-refractivity contribution is -0.235. The molecule has 5 N–H and O–H groups in total. The number of fused-ring (bicyclic) bond motifs is 3. The van der Waals surface area contributed by atoms with Gasteiger partial charge >= 0.3 is 5.97 Å². The molecule has 15 heteroatoms. The molecule has 38 heavy (non-hydrogen) atoms. The van der Waals surface area contributed by atoms with E-state index in [1.165, 1.54) is 11.4 Å². The van der Waals surface area contributed by atoms with E-state index >= 15 is 0 Å². The standard InChI is InChI=1S/C23H28N2O11S2/c1-34-21-16(27)11(9-24-4-6-25(7-5-24)38(32,33)13-3-2-8-37-13)14-15(18(21)29)20-22(36-23(14)31)19(30)17(28)12(10-26)35-20/h2-3,8,12,17,19-20,22,26-30H,4-7,9-10H2,1H3/t12-,17-,19+,20?,22?/m1/s1. The average Bonchev–Trinajstić information content (AvgIpc) is 3.45. The van der Waals surface area contributed by atoms with Gasteiger partial charge in [0.15, 0.2) is 17.6 Å². The molecule has 0 amide bonds. The molecule has 3 aliphatic rings. The van der Waals surface area contributed by atoms with Crippen molar-refractivity contribution in [3.63, 3.8) is 0 Å². The molecule has 5 atom stereocenters. The molecule has 1 aromatic carbocycles. The van der Waals surface area contributed by atoms with Crippen LogP contribution in [0.3, 0.4) is 0 Å². The van der Waals surface area contributed by atoms with E-state index in [0.717, 1.165) is 11.3 Å². The van der Waals surface area contributed by atoms with E-state index in [4.69, 9.17) is 14.2 Å². The molecule has 1 aromatic heterocycles. The number of carbonyl (C=O) groups is 1. The topological polar surface area (TPSA) is 187 Å². The predicted molar refractivity (Wildman–Crippen MR) is 131 cm³/mol. The van der Waals surface area contributed by atoms with Gasteiger partial charge < -0.3 is 39.7 Å². The van der Waals surface area contributed by atoms with Crippen molar-refractivity contribution in [1.29, 1.82) is 0 Å². The number of rotatable bonds is 6. The van der Waals surface area contributed by atoms with Crippen molar-refractivity contribution in [2.45, 2.75) is 41.3 Å². The molecule has 0 saturated carbocycles. The van der Waals surface area contributed by atoms with Gasteiger partial charge in [0.05, 0.1) is 19.3 Å². The number of hydrogen-bond acceptors (Lipinski definition) is 13. The third-order valence-electron chi connectivity index (χ3n) is 7.15. The van der Waals surface area contributed by atoms with Gasteiger partial charge in [-0.3, -0.25) is 4.90 Å². The van der Waals surface area contributed by atoms with Gasteiger partial charge in [-0.2, -0.15) is 4.31 Å². The van der Waals surface area contributed by atoms with Crippen LogP contribution in [0.4, 0.5) is 0 Å². The molecule has 2 saturated heterocycles. The Kier molecular flexibility index (Phi) is 7.30. The summed E-state index contributed by atoms with van der Waals surface area (Å²) < 4.78 is 43.7. The van der Waals surface area contributed by atoms with E-state index < -0.39 is 64.6 Å². The first kappa shape index (κ1) is 27.1. The molecule has 2 fully saturated rings. The lowest BCUT2D eigenvalue weighted by Crippen LogP contribution is -2.58. The van der Waals surface area contributed by atoms with Crippen molar-refractivity contribution in [1.82, 2.24) is 9.21 Å². The Morgan fingerprint density at radius 2 is 1.84 bits per heavy atom. The fraction of sp³-hybridized carbons (Fsp3) is 0.522. The first-order valence-corrected chi connectivity index (χ1v) is 14.2. The first-order chi connectivity index (χ1) is 18.1. The number of phenolic OH excluding ortho intramolecular Hbond substituents is 2. The number of methoxy groups -OCH3 is 1. The van der Waals surface area contributed by atoms with E-state index in [1.807, 2.05) is 4.90 Å². The van der Waals surface area contributed by atoms with Crippen LogP contribution >= 0.6 is 11.3 Å². The van der Waals surface area contributed by atoms with Crippen molar-refractivity contribution in [3.8, 4) is 17.2 Å². The summed E-state index contributed by atoms with van der Waals surface area (Å²) in [5.41, 5.74) is -0.215. The zero-order valence-electron chi connectivity index (χ0n) is 20.3. The molecule has 208 valence electrons. The van der Waals surface area contributed by atoms with Crippen molar-refractivity contribution in [2.75, 3.05) is 39.9 Å². The van der Waals surface area contributed by atoms with Crippen molar-refractivity contribution in [3.05, 3.63) is 34.2 Å². The zero-order valence-corrected chi connectivity index (χ0v) is 21.9. The number of esters is 1. The van der Waals surface area contributed by atoms with Crippen molar-refractivity contribution in [2.24, 2.45) is 0 Å². The second-order valence-electron chi connectivity index (χ2n) is 9.24. The average molecular weight is 573 g/mol. The van der Waals surface area contributed by atoms with E-state index in [2.05, 4.69) is 0 Å². The van der Waals surface area contributed by atoms with E-state index in [-0.39, 0.29) is 59.4 Å². The van der Waals surface area contributed by atoms with Gasteiger partial charge in [-0.25, -0.2) is 13.2 Å². The van der Waals surface area contributed by atoms with Crippen LogP contribution in [-0.4, -0.2) is 113 Å². The van der Waals surface area contributed by atoms with E-state index in [0.29, 0.717) is 0 Å². The van der Waals surface area contributed by atoms with Crippen LogP contribution in [0.5, 0.6) is 17.2 Å². The summed E-state index contributed by atoms with van der Waals surface area (Å²) in [6.45, 7) is 0.275. The van der Waals surface area contributed by atoms with Crippen LogP contribution < -0.4 is 4.74 Å². The summed E-state index contributed by atoms with van der Waals surface area (Å²) in [6, 6.07) is 3.21. The molecule has 0 aliphatic carbocycles. The number of piperazine rings is 1. The molecule has 2 aromatic rings. The highest BCUT2D eigenvalue weighted by Crippen LogP contribution is 2.52. The van der Waals surface area contributed by atoms with Crippen LogP contribution in [0.1, 0.15) is 27.6 Å². The molecule has 3 aliphatic heterocycles. The summed E-state index contributed by atoms with van der Waals surface area (Å²) in [6.07, 6.45) is -7.02. The minimum Gasteiger partial charge on any atom is -0.504 e. The van der Waals surface area contributed by atoms with Crippen molar-refractivity contribution < 1.29 is 53.0 Å². The second kappa shape index (κ2) is 10.2. The fourth-order valence-electron chi connectivity index (χ4n) is 5.15. The van der Waals surface area contributed by atoms with Gasteiger partial charge in [0.1, 0.15) is 28.6 Å². The lowest BCUT2D eigenvalue weighted by atomic mass is 9.84. The van der Waals surface area contributed by atoms with Gasteiger partial charge in [-0.05, 0) is 11.4 Å². The Labute approximate surface area is 222 Å². The Morgan fingerprint density at radius 1 is 1.13 bits per heavy atom. The lowest BCUT2D eigenvalue weighted by Gasteiger charge is -2.45. The van der Waals surface area contributed by atoms with E-state index in [9.17, 15) is 38.7 Å². The maximum absolute atomic E-state index is 13.1. The van der Waals surface area contributed by atoms with Gasteiger partial charge in [0.25, 0.3) is 10.0 Å². The monoisotopic (exact) mass is 572 g/mol. The number of sulfonamides is 1. The number of thiophene rings is 1. The van der Waals surface area contributed by atoms with Gasteiger partial charge in [-0.15, -0.1) is 11.3 Å². The number of aromatic hydroxyl groups is 2. The Balaban J connectivity index is 1.47. The Hall–Kier alpha value is -2.50.